The molecule has 1 aliphatic carbocycles. The number of nitrogens with one attached hydrogen (secondary N) is 1. The first-order chi connectivity index (χ1) is 8.15. The molecule has 0 aromatic carbocycles. The highest BCUT2D eigenvalue weighted by Gasteiger charge is 2.26. The van der Waals surface area contributed by atoms with Gasteiger partial charge in [0.15, 0.2) is 5.65 Å². The Bertz CT molecular complexity index is 553. The lowest BCUT2D eigenvalue weighted by atomic mass is 9.87. The Morgan fingerprint density at radius 3 is 2.94 bits per heavy atom. The maximum atomic E-state index is 5.80. The van der Waals surface area contributed by atoms with Gasteiger partial charge in [0.1, 0.15) is 0 Å². The number of nitrogens with two attached hydrogens (primary N) is 1. The monoisotopic (exact) mass is 231 g/mol. The van der Waals surface area contributed by atoms with E-state index in [0.717, 1.165) is 35.3 Å². The molecule has 1 fully saturated rings. The van der Waals surface area contributed by atoms with E-state index in [1.54, 1.807) is 0 Å². The van der Waals surface area contributed by atoms with Crippen LogP contribution < -0.4 is 11.1 Å². The molecule has 2 heterocycles. The van der Waals surface area contributed by atoms with Crippen molar-refractivity contribution in [3.05, 3.63) is 18.0 Å². The molecule has 5 nitrogen and oxygen atoms in total. The molecular formula is C12H17N5. The lowest BCUT2D eigenvalue weighted by molar-refractivity contribution is 0.374. The van der Waals surface area contributed by atoms with Gasteiger partial charge in [-0.2, -0.15) is 5.10 Å². The smallest absolute Gasteiger partial charge is 0.159 e. The van der Waals surface area contributed by atoms with Gasteiger partial charge in [-0.15, -0.1) is 0 Å². The predicted octanol–water partition coefficient (Wildman–Crippen LogP) is 1.18. The van der Waals surface area contributed by atoms with Gasteiger partial charge >= 0.3 is 0 Å². The van der Waals surface area contributed by atoms with Crippen molar-refractivity contribution in [1.29, 1.82) is 0 Å². The number of pyridine rings is 1. The average Bonchev–Trinajstić information content (AvgIpc) is 2.54. The maximum absolute atomic E-state index is 5.80. The van der Waals surface area contributed by atoms with Crippen LogP contribution in [0.2, 0.25) is 0 Å². The van der Waals surface area contributed by atoms with Crippen LogP contribution in [0.5, 0.6) is 0 Å². The maximum Gasteiger partial charge on any atom is 0.159 e. The molecule has 2 aromatic rings. The third kappa shape index (κ3) is 1.67. The first-order valence-corrected chi connectivity index (χ1v) is 5.95. The minimum atomic E-state index is 0.361. The largest absolute Gasteiger partial charge is 0.381 e. The van der Waals surface area contributed by atoms with Gasteiger partial charge in [-0.1, -0.05) is 0 Å². The lowest BCUT2D eigenvalue weighted by Gasteiger charge is -2.33. The highest BCUT2D eigenvalue weighted by atomic mass is 15.3. The van der Waals surface area contributed by atoms with Gasteiger partial charge in [0.25, 0.3) is 0 Å². The predicted molar refractivity (Wildman–Crippen MR) is 67.9 cm³/mol. The van der Waals surface area contributed by atoms with Crippen molar-refractivity contribution in [3.63, 3.8) is 0 Å². The molecule has 0 unspecified atom stereocenters. The molecule has 3 rings (SSSR count). The average molecular weight is 231 g/mol. The molecule has 2 aromatic heterocycles. The van der Waals surface area contributed by atoms with Crippen LogP contribution in [-0.4, -0.2) is 26.8 Å². The van der Waals surface area contributed by atoms with E-state index in [9.17, 15) is 0 Å². The van der Waals surface area contributed by atoms with E-state index >= 15 is 0 Å². The fraction of sp³-hybridized carbons (Fsp3) is 0.500. The molecule has 0 amide bonds. The van der Waals surface area contributed by atoms with Gasteiger partial charge in [0, 0.05) is 31.0 Å². The molecule has 0 aliphatic heterocycles. The summed E-state index contributed by atoms with van der Waals surface area (Å²) in [5.74, 6) is 0. The number of aryl methyl sites for hydroxylation is 2. The number of hydrogen-bond acceptors (Lipinski definition) is 4. The lowest BCUT2D eigenvalue weighted by Crippen LogP contribution is -2.44. The van der Waals surface area contributed by atoms with Crippen molar-refractivity contribution >= 4 is 16.7 Å². The highest BCUT2D eigenvalue weighted by Crippen LogP contribution is 2.28. The number of fused-ring (bicyclic) bond motifs is 1. The van der Waals surface area contributed by atoms with E-state index in [-0.39, 0.29) is 0 Å². The minimum Gasteiger partial charge on any atom is -0.381 e. The number of anilines is 1. The van der Waals surface area contributed by atoms with E-state index in [0.29, 0.717) is 12.1 Å². The molecule has 17 heavy (non-hydrogen) atoms. The quantitative estimate of drug-likeness (QED) is 0.814. The standard InChI is InChI=1S/C12H17N5/c1-7-11-10(15-9-5-8(13)6-9)3-4-14-12(11)17(2)16-7/h3-4,8-9H,5-6,13H2,1-2H3,(H,14,15). The Labute approximate surface area is 100 Å². The fourth-order valence-electron chi connectivity index (χ4n) is 2.50. The van der Waals surface area contributed by atoms with Gasteiger partial charge < -0.3 is 11.1 Å². The molecule has 90 valence electrons. The topological polar surface area (TPSA) is 68.8 Å². The highest BCUT2D eigenvalue weighted by molar-refractivity contribution is 5.91. The van der Waals surface area contributed by atoms with Crippen LogP contribution in [0.15, 0.2) is 12.3 Å². The fourth-order valence-corrected chi connectivity index (χ4v) is 2.50. The molecule has 0 spiro atoms. The summed E-state index contributed by atoms with van der Waals surface area (Å²) in [6.07, 6.45) is 3.91. The normalized spacial score (nSPS) is 23.7. The third-order valence-electron chi connectivity index (χ3n) is 3.43. The molecule has 0 radical (unpaired) electrons. The Morgan fingerprint density at radius 1 is 1.47 bits per heavy atom. The zero-order valence-electron chi connectivity index (χ0n) is 10.1. The van der Waals surface area contributed by atoms with Crippen molar-refractivity contribution in [2.45, 2.75) is 31.8 Å². The summed E-state index contributed by atoms with van der Waals surface area (Å²) in [4.78, 5) is 4.36. The van der Waals surface area contributed by atoms with E-state index < -0.39 is 0 Å². The van der Waals surface area contributed by atoms with Crippen LogP contribution in [-0.2, 0) is 7.05 Å². The van der Waals surface area contributed by atoms with Crippen molar-refractivity contribution in [2.24, 2.45) is 12.8 Å². The van der Waals surface area contributed by atoms with Gasteiger partial charge in [-0.05, 0) is 25.8 Å². The number of rotatable bonds is 2. The number of nitrogens with zero attached hydrogens (tertiary/aromatic N) is 3. The van der Waals surface area contributed by atoms with Crippen LogP contribution in [0.3, 0.4) is 0 Å². The number of aromatic nitrogens is 3. The third-order valence-corrected chi connectivity index (χ3v) is 3.43. The van der Waals surface area contributed by atoms with Crippen LogP contribution in [0.1, 0.15) is 18.5 Å². The first kappa shape index (κ1) is 10.5. The Balaban J connectivity index is 1.98. The SMILES string of the molecule is Cc1nn(C)c2nccc(NC3CC(N)C3)c12. The summed E-state index contributed by atoms with van der Waals surface area (Å²) in [5.41, 5.74) is 8.87. The zero-order valence-corrected chi connectivity index (χ0v) is 10.1. The summed E-state index contributed by atoms with van der Waals surface area (Å²) in [6.45, 7) is 2.02. The van der Waals surface area contributed by atoms with E-state index in [4.69, 9.17) is 5.73 Å². The molecule has 0 bridgehead atoms. The van der Waals surface area contributed by atoms with Gasteiger partial charge in [0.2, 0.25) is 0 Å². The second kappa shape index (κ2) is 3.70. The van der Waals surface area contributed by atoms with Crippen molar-refractivity contribution in [1.82, 2.24) is 14.8 Å². The number of hydrogen-bond donors (Lipinski definition) is 2. The summed E-state index contributed by atoms with van der Waals surface area (Å²) in [7, 11) is 1.92. The van der Waals surface area contributed by atoms with Crippen LogP contribution in [0.25, 0.3) is 11.0 Å². The molecule has 3 N–H and O–H groups in total. The molecule has 1 aliphatic rings. The summed E-state index contributed by atoms with van der Waals surface area (Å²) >= 11 is 0. The molecule has 0 atom stereocenters. The summed E-state index contributed by atoms with van der Waals surface area (Å²) in [6, 6.07) is 2.87. The van der Waals surface area contributed by atoms with E-state index in [1.165, 1.54) is 0 Å². The van der Waals surface area contributed by atoms with Crippen LogP contribution in [0.4, 0.5) is 5.69 Å². The van der Waals surface area contributed by atoms with Gasteiger partial charge in [-0.3, -0.25) is 4.68 Å². The van der Waals surface area contributed by atoms with E-state index in [2.05, 4.69) is 15.4 Å². The summed E-state index contributed by atoms with van der Waals surface area (Å²) < 4.78 is 1.82. The van der Waals surface area contributed by atoms with E-state index in [1.807, 2.05) is 30.9 Å². The van der Waals surface area contributed by atoms with Crippen molar-refractivity contribution in [2.75, 3.05) is 5.32 Å². The Hall–Kier alpha value is -1.62. The van der Waals surface area contributed by atoms with Crippen LogP contribution >= 0.6 is 0 Å². The minimum absolute atomic E-state index is 0.361. The molecular weight excluding hydrogens is 214 g/mol. The molecule has 5 heteroatoms. The van der Waals surface area contributed by atoms with Crippen LogP contribution in [0, 0.1) is 6.92 Å². The Morgan fingerprint density at radius 2 is 2.24 bits per heavy atom. The first-order valence-electron chi connectivity index (χ1n) is 5.95. The van der Waals surface area contributed by atoms with Crippen molar-refractivity contribution in [3.8, 4) is 0 Å². The Kier molecular flexibility index (Phi) is 2.29. The van der Waals surface area contributed by atoms with Gasteiger partial charge in [0.05, 0.1) is 11.1 Å². The second-order valence-corrected chi connectivity index (χ2v) is 4.84. The van der Waals surface area contributed by atoms with Gasteiger partial charge in [-0.25, -0.2) is 4.98 Å². The zero-order chi connectivity index (χ0) is 12.0. The molecule has 1 saturated carbocycles. The molecule has 0 saturated heterocycles. The van der Waals surface area contributed by atoms with Crippen molar-refractivity contribution < 1.29 is 0 Å². The summed E-state index contributed by atoms with van der Waals surface area (Å²) in [5, 5.41) is 9.06. The second-order valence-electron chi connectivity index (χ2n) is 4.84.